The number of unbranched alkanes of at least 4 members (excludes halogenated alkanes) is 1. The fourth-order valence-corrected chi connectivity index (χ4v) is 3.96. The molecule has 28 heavy (non-hydrogen) atoms. The van der Waals surface area contributed by atoms with Gasteiger partial charge in [0.25, 0.3) is 0 Å². The number of nitrogens with zero attached hydrogens (tertiary/aromatic N) is 4. The summed E-state index contributed by atoms with van der Waals surface area (Å²) in [6, 6.07) is 1.68. The van der Waals surface area contributed by atoms with E-state index in [4.69, 9.17) is 10.3 Å². The summed E-state index contributed by atoms with van der Waals surface area (Å²) in [5.41, 5.74) is 5.32. The van der Waals surface area contributed by atoms with Gasteiger partial charge in [0, 0.05) is 24.9 Å². The van der Waals surface area contributed by atoms with Crippen molar-refractivity contribution in [2.24, 2.45) is 5.73 Å². The van der Waals surface area contributed by atoms with E-state index in [1.165, 1.54) is 11.8 Å². The number of nitrogens with two attached hydrogens (primary N) is 1. The zero-order valence-corrected chi connectivity index (χ0v) is 17.0. The predicted molar refractivity (Wildman–Crippen MR) is 105 cm³/mol. The SMILES string of the molecule is CCCCC(Sc1nnc(C2CC2)n1CCC(N)=O)C(=O)Nc1cc(C)on1. The lowest BCUT2D eigenvalue weighted by molar-refractivity contribution is -0.118. The second-order valence-corrected chi connectivity index (χ2v) is 8.21. The topological polar surface area (TPSA) is 129 Å². The number of rotatable bonds is 11. The van der Waals surface area contributed by atoms with E-state index in [1.807, 2.05) is 4.57 Å². The fraction of sp³-hybridized carbons (Fsp3) is 0.611. The molecule has 0 aliphatic heterocycles. The predicted octanol–water partition coefficient (Wildman–Crippen LogP) is 2.62. The minimum atomic E-state index is -0.368. The van der Waals surface area contributed by atoms with Crippen LogP contribution in [0.15, 0.2) is 15.7 Å². The number of aryl methyl sites for hydroxylation is 1. The fourth-order valence-electron chi connectivity index (χ4n) is 2.86. The van der Waals surface area contributed by atoms with Crippen LogP contribution >= 0.6 is 11.8 Å². The Labute approximate surface area is 167 Å². The van der Waals surface area contributed by atoms with Gasteiger partial charge < -0.3 is 20.1 Å². The van der Waals surface area contributed by atoms with E-state index in [9.17, 15) is 9.59 Å². The summed E-state index contributed by atoms with van der Waals surface area (Å²) in [5.74, 6) is 1.78. The summed E-state index contributed by atoms with van der Waals surface area (Å²) < 4.78 is 6.96. The highest BCUT2D eigenvalue weighted by atomic mass is 32.2. The number of aromatic nitrogens is 4. The Morgan fingerprint density at radius 3 is 2.82 bits per heavy atom. The van der Waals surface area contributed by atoms with Crippen molar-refractivity contribution in [3.8, 4) is 0 Å². The Morgan fingerprint density at radius 2 is 2.21 bits per heavy atom. The number of amides is 2. The highest BCUT2D eigenvalue weighted by Gasteiger charge is 2.32. The van der Waals surface area contributed by atoms with Crippen molar-refractivity contribution in [2.45, 2.75) is 75.2 Å². The monoisotopic (exact) mass is 406 g/mol. The van der Waals surface area contributed by atoms with Crippen LogP contribution in [0.1, 0.15) is 63.0 Å². The van der Waals surface area contributed by atoms with Crippen LogP contribution in [0, 0.1) is 6.92 Å². The van der Waals surface area contributed by atoms with Crippen molar-refractivity contribution >= 4 is 29.4 Å². The molecule has 1 saturated carbocycles. The first-order valence-electron chi connectivity index (χ1n) is 9.60. The van der Waals surface area contributed by atoms with E-state index < -0.39 is 0 Å². The summed E-state index contributed by atoms with van der Waals surface area (Å²) in [6.45, 7) is 4.29. The number of carbonyl (C=O) groups excluding carboxylic acids is 2. The lowest BCUT2D eigenvalue weighted by Crippen LogP contribution is -2.26. The average Bonchev–Trinajstić information content (AvgIpc) is 3.30. The molecular formula is C18H26N6O3S. The highest BCUT2D eigenvalue weighted by Crippen LogP contribution is 2.40. The van der Waals surface area contributed by atoms with Crippen LogP contribution in [0.25, 0.3) is 0 Å². The molecule has 0 bridgehead atoms. The molecule has 3 rings (SSSR count). The molecule has 10 heteroatoms. The minimum Gasteiger partial charge on any atom is -0.370 e. The Balaban J connectivity index is 1.75. The Hall–Kier alpha value is -2.36. The van der Waals surface area contributed by atoms with Gasteiger partial charge in [0.15, 0.2) is 11.0 Å². The van der Waals surface area contributed by atoms with E-state index in [2.05, 4.69) is 27.6 Å². The maximum Gasteiger partial charge on any atom is 0.239 e. The molecule has 9 nitrogen and oxygen atoms in total. The zero-order chi connectivity index (χ0) is 20.1. The first kappa shape index (κ1) is 20.4. The lowest BCUT2D eigenvalue weighted by atomic mass is 10.2. The summed E-state index contributed by atoms with van der Waals surface area (Å²) in [5, 5.41) is 15.6. The number of carbonyl (C=O) groups is 2. The summed E-state index contributed by atoms with van der Waals surface area (Å²) in [4.78, 5) is 24.1. The number of thioether (sulfide) groups is 1. The van der Waals surface area contributed by atoms with Crippen molar-refractivity contribution in [1.82, 2.24) is 19.9 Å². The zero-order valence-electron chi connectivity index (χ0n) is 16.2. The van der Waals surface area contributed by atoms with Gasteiger partial charge in [-0.3, -0.25) is 9.59 Å². The molecule has 1 atom stereocenters. The Bertz CT molecular complexity index is 829. The third-order valence-electron chi connectivity index (χ3n) is 4.51. The standard InChI is InChI=1S/C18H26N6O3S/c1-3-4-5-13(17(26)20-15-10-11(2)27-23-15)28-18-22-21-16(12-6-7-12)24(18)9-8-14(19)25/h10,12-13H,3-9H2,1-2H3,(H2,19,25)(H,20,23,26). The van der Waals surface area contributed by atoms with Gasteiger partial charge in [0.1, 0.15) is 11.6 Å². The van der Waals surface area contributed by atoms with Crippen LogP contribution in [-0.4, -0.2) is 37.0 Å². The second kappa shape index (κ2) is 9.22. The summed E-state index contributed by atoms with van der Waals surface area (Å²) >= 11 is 1.37. The largest absolute Gasteiger partial charge is 0.370 e. The smallest absolute Gasteiger partial charge is 0.239 e. The van der Waals surface area contributed by atoms with E-state index in [1.54, 1.807) is 13.0 Å². The van der Waals surface area contributed by atoms with Crippen molar-refractivity contribution in [3.05, 3.63) is 17.7 Å². The molecule has 1 unspecified atom stereocenters. The van der Waals surface area contributed by atoms with Gasteiger partial charge in [-0.05, 0) is 26.2 Å². The first-order chi connectivity index (χ1) is 13.5. The van der Waals surface area contributed by atoms with Crippen LogP contribution in [0.3, 0.4) is 0 Å². The van der Waals surface area contributed by atoms with Crippen LogP contribution in [0.4, 0.5) is 5.82 Å². The molecule has 1 aliphatic carbocycles. The maximum absolute atomic E-state index is 12.8. The van der Waals surface area contributed by atoms with Gasteiger partial charge >= 0.3 is 0 Å². The van der Waals surface area contributed by atoms with E-state index in [0.29, 0.717) is 35.6 Å². The van der Waals surface area contributed by atoms with E-state index in [-0.39, 0.29) is 23.5 Å². The number of nitrogens with one attached hydrogen (secondary N) is 1. The van der Waals surface area contributed by atoms with Gasteiger partial charge in [-0.1, -0.05) is 36.7 Å². The number of anilines is 1. The molecule has 0 radical (unpaired) electrons. The molecule has 1 fully saturated rings. The Morgan fingerprint density at radius 1 is 1.43 bits per heavy atom. The normalized spacial score (nSPS) is 14.8. The highest BCUT2D eigenvalue weighted by molar-refractivity contribution is 8.00. The van der Waals surface area contributed by atoms with Gasteiger partial charge in [-0.15, -0.1) is 10.2 Å². The van der Waals surface area contributed by atoms with Crippen molar-refractivity contribution < 1.29 is 14.1 Å². The minimum absolute atomic E-state index is 0.149. The van der Waals surface area contributed by atoms with Crippen LogP contribution in [-0.2, 0) is 16.1 Å². The molecule has 2 aromatic heterocycles. The van der Waals surface area contributed by atoms with E-state index in [0.717, 1.165) is 31.5 Å². The number of primary amides is 1. The molecule has 0 spiro atoms. The number of hydrogen-bond donors (Lipinski definition) is 2. The first-order valence-corrected chi connectivity index (χ1v) is 10.5. The van der Waals surface area contributed by atoms with Crippen molar-refractivity contribution in [1.29, 1.82) is 0 Å². The van der Waals surface area contributed by atoms with Crippen LogP contribution in [0.2, 0.25) is 0 Å². The van der Waals surface area contributed by atoms with Gasteiger partial charge in [0.05, 0.1) is 5.25 Å². The maximum atomic E-state index is 12.8. The van der Waals surface area contributed by atoms with E-state index >= 15 is 0 Å². The Kier molecular flexibility index (Phi) is 6.71. The quantitative estimate of drug-likeness (QED) is 0.549. The summed E-state index contributed by atoms with van der Waals surface area (Å²) in [7, 11) is 0. The lowest BCUT2D eigenvalue weighted by Gasteiger charge is -2.16. The van der Waals surface area contributed by atoms with Crippen molar-refractivity contribution in [2.75, 3.05) is 5.32 Å². The van der Waals surface area contributed by atoms with Crippen LogP contribution in [0.5, 0.6) is 0 Å². The molecule has 2 aromatic rings. The molecule has 2 amide bonds. The third kappa shape index (κ3) is 5.34. The molecule has 152 valence electrons. The molecule has 0 aromatic carbocycles. The molecule has 2 heterocycles. The van der Waals surface area contributed by atoms with Gasteiger partial charge in [0.2, 0.25) is 11.8 Å². The molecular weight excluding hydrogens is 380 g/mol. The summed E-state index contributed by atoms with van der Waals surface area (Å²) in [6.07, 6.45) is 4.96. The average molecular weight is 407 g/mol. The molecule has 0 saturated heterocycles. The third-order valence-corrected chi connectivity index (χ3v) is 5.76. The van der Waals surface area contributed by atoms with Crippen LogP contribution < -0.4 is 11.1 Å². The molecule has 3 N–H and O–H groups in total. The van der Waals surface area contributed by atoms with Gasteiger partial charge in [-0.2, -0.15) is 0 Å². The second-order valence-electron chi connectivity index (χ2n) is 7.04. The van der Waals surface area contributed by atoms with Crippen molar-refractivity contribution in [3.63, 3.8) is 0 Å². The molecule has 1 aliphatic rings. The van der Waals surface area contributed by atoms with Gasteiger partial charge in [-0.25, -0.2) is 0 Å². The number of hydrogen-bond acceptors (Lipinski definition) is 7.